The minimum Gasteiger partial charge on any atom is -0.494 e. The van der Waals surface area contributed by atoms with E-state index in [0.29, 0.717) is 23.8 Å². The number of amides is 1. The summed E-state index contributed by atoms with van der Waals surface area (Å²) in [7, 11) is 0. The Morgan fingerprint density at radius 3 is 2.62 bits per heavy atom. The summed E-state index contributed by atoms with van der Waals surface area (Å²) in [5.74, 6) is 0.807. The van der Waals surface area contributed by atoms with Gasteiger partial charge in [-0.05, 0) is 66.1 Å². The molecule has 2 heterocycles. The lowest BCUT2D eigenvalue weighted by atomic mass is 10.1. The van der Waals surface area contributed by atoms with Gasteiger partial charge < -0.3 is 10.5 Å². The standard InChI is InChI=1S/C22H22N8O3S/c1-3-32-16-11-9-15(10-12-16)14(2)24-26-22(31)19-18(13-34-17-7-5-4-6-8-17)30(29-25-19)21-20(23)27-33-28-21/h4-12H,3,13H2,1-2H3,(H2,23,27)(H,26,31). The zero-order valence-electron chi connectivity index (χ0n) is 18.5. The van der Waals surface area contributed by atoms with Crippen LogP contribution in [-0.4, -0.2) is 43.5 Å². The summed E-state index contributed by atoms with van der Waals surface area (Å²) < 4.78 is 11.5. The van der Waals surface area contributed by atoms with Crippen LogP contribution in [0.1, 0.15) is 35.6 Å². The van der Waals surface area contributed by atoms with E-state index in [1.54, 1.807) is 6.92 Å². The first kappa shape index (κ1) is 23.0. The number of hydrogen-bond donors (Lipinski definition) is 2. The molecule has 0 saturated carbocycles. The SMILES string of the molecule is CCOc1ccc(C(C)=NNC(=O)c2nnn(-c3nonc3N)c2CSc2ccccc2)cc1. The van der Waals surface area contributed by atoms with E-state index in [4.69, 9.17) is 10.5 Å². The molecule has 2 aromatic heterocycles. The summed E-state index contributed by atoms with van der Waals surface area (Å²) in [6.45, 7) is 4.30. The second kappa shape index (κ2) is 10.6. The highest BCUT2D eigenvalue weighted by atomic mass is 32.2. The number of nitrogens with two attached hydrogens (primary N) is 1. The lowest BCUT2D eigenvalue weighted by molar-refractivity contribution is 0.0949. The number of aromatic nitrogens is 5. The lowest BCUT2D eigenvalue weighted by Gasteiger charge is -2.07. The molecule has 4 rings (SSSR count). The first-order chi connectivity index (χ1) is 16.6. The van der Waals surface area contributed by atoms with Gasteiger partial charge in [-0.25, -0.2) is 10.1 Å². The van der Waals surface area contributed by atoms with Gasteiger partial charge in [-0.15, -0.1) is 16.9 Å². The molecule has 0 aliphatic carbocycles. The first-order valence-electron chi connectivity index (χ1n) is 10.4. The highest BCUT2D eigenvalue weighted by molar-refractivity contribution is 7.98. The number of rotatable bonds is 9. The van der Waals surface area contributed by atoms with Crippen LogP contribution in [0.25, 0.3) is 5.82 Å². The molecule has 3 N–H and O–H groups in total. The van der Waals surface area contributed by atoms with Gasteiger partial charge in [0.2, 0.25) is 11.6 Å². The number of nitrogens with one attached hydrogen (secondary N) is 1. The zero-order chi connectivity index (χ0) is 23.9. The van der Waals surface area contributed by atoms with Crippen LogP contribution in [0.2, 0.25) is 0 Å². The third-order valence-corrected chi connectivity index (χ3v) is 5.72. The van der Waals surface area contributed by atoms with Crippen LogP contribution in [0.3, 0.4) is 0 Å². The molecule has 0 saturated heterocycles. The van der Waals surface area contributed by atoms with Crippen LogP contribution in [0.4, 0.5) is 5.82 Å². The monoisotopic (exact) mass is 478 g/mol. The molecule has 0 unspecified atom stereocenters. The molecule has 4 aromatic rings. The van der Waals surface area contributed by atoms with Crippen LogP contribution in [0, 0.1) is 0 Å². The van der Waals surface area contributed by atoms with Crippen molar-refractivity contribution in [3.8, 4) is 11.6 Å². The predicted octanol–water partition coefficient (Wildman–Crippen LogP) is 3.08. The third kappa shape index (κ3) is 5.23. The number of anilines is 1. The van der Waals surface area contributed by atoms with E-state index in [2.05, 4.69) is 35.8 Å². The number of nitrogens with zero attached hydrogens (tertiary/aromatic N) is 6. The van der Waals surface area contributed by atoms with Gasteiger partial charge in [-0.2, -0.15) is 9.78 Å². The molecule has 0 fully saturated rings. The average molecular weight is 479 g/mol. The maximum Gasteiger partial charge on any atom is 0.293 e. The predicted molar refractivity (Wildman–Crippen MR) is 127 cm³/mol. The molecule has 1 amide bonds. The number of hydrazone groups is 1. The molecule has 0 spiro atoms. The molecule has 0 aliphatic heterocycles. The van der Waals surface area contributed by atoms with Gasteiger partial charge in [0, 0.05) is 10.6 Å². The van der Waals surface area contributed by atoms with Gasteiger partial charge in [0.15, 0.2) is 5.69 Å². The minimum absolute atomic E-state index is 0.0344. The summed E-state index contributed by atoms with van der Waals surface area (Å²) in [5.41, 5.74) is 10.4. The van der Waals surface area contributed by atoms with Crippen molar-refractivity contribution >= 4 is 29.2 Å². The summed E-state index contributed by atoms with van der Waals surface area (Å²) in [5, 5.41) is 19.7. The molecule has 0 bridgehead atoms. The van der Waals surface area contributed by atoms with E-state index >= 15 is 0 Å². The average Bonchev–Trinajstić information content (AvgIpc) is 3.48. The zero-order valence-corrected chi connectivity index (χ0v) is 19.3. The van der Waals surface area contributed by atoms with E-state index in [1.165, 1.54) is 16.4 Å². The van der Waals surface area contributed by atoms with Gasteiger partial charge in [0.05, 0.1) is 18.0 Å². The largest absolute Gasteiger partial charge is 0.494 e. The van der Waals surface area contributed by atoms with Crippen LogP contribution >= 0.6 is 11.8 Å². The maximum absolute atomic E-state index is 13.0. The number of nitrogen functional groups attached to an aromatic ring is 1. The Morgan fingerprint density at radius 1 is 1.18 bits per heavy atom. The smallest absolute Gasteiger partial charge is 0.293 e. The second-order valence-electron chi connectivity index (χ2n) is 6.97. The lowest BCUT2D eigenvalue weighted by Crippen LogP contribution is -2.21. The van der Waals surface area contributed by atoms with E-state index in [0.717, 1.165) is 16.2 Å². The molecular weight excluding hydrogens is 456 g/mol. The van der Waals surface area contributed by atoms with Gasteiger partial charge in [-0.3, -0.25) is 4.79 Å². The normalized spacial score (nSPS) is 11.4. The number of carbonyl (C=O) groups is 1. The molecule has 34 heavy (non-hydrogen) atoms. The molecule has 0 atom stereocenters. The first-order valence-corrected chi connectivity index (χ1v) is 11.3. The molecule has 174 valence electrons. The molecule has 0 aliphatic rings. The van der Waals surface area contributed by atoms with Crippen molar-refractivity contribution < 1.29 is 14.2 Å². The minimum atomic E-state index is -0.518. The van der Waals surface area contributed by atoms with Gasteiger partial charge in [-0.1, -0.05) is 23.4 Å². The summed E-state index contributed by atoms with van der Waals surface area (Å²) in [4.78, 5) is 14.0. The fraction of sp³-hybridized carbons (Fsp3) is 0.182. The number of thioether (sulfide) groups is 1. The number of ether oxygens (including phenoxy) is 1. The van der Waals surface area contributed by atoms with Crippen molar-refractivity contribution in [1.82, 2.24) is 30.7 Å². The quantitative estimate of drug-likeness (QED) is 0.210. The fourth-order valence-electron chi connectivity index (χ4n) is 3.00. The Kier molecular flexibility index (Phi) is 7.18. The molecule has 12 heteroatoms. The Bertz CT molecular complexity index is 1290. The van der Waals surface area contributed by atoms with Crippen molar-refractivity contribution in [2.24, 2.45) is 5.10 Å². The van der Waals surface area contributed by atoms with E-state index in [9.17, 15) is 4.79 Å². The highest BCUT2D eigenvalue weighted by Crippen LogP contribution is 2.25. The van der Waals surface area contributed by atoms with E-state index in [1.807, 2.05) is 61.5 Å². The van der Waals surface area contributed by atoms with Crippen LogP contribution in [-0.2, 0) is 5.75 Å². The molecule has 11 nitrogen and oxygen atoms in total. The Labute approximate surface area is 199 Å². The molecule has 2 aromatic carbocycles. The molecular formula is C22H22N8O3S. The topological polar surface area (TPSA) is 146 Å². The Hall–Kier alpha value is -4.19. The number of carbonyl (C=O) groups excluding carboxylic acids is 1. The summed E-state index contributed by atoms with van der Waals surface area (Å²) >= 11 is 1.51. The van der Waals surface area contributed by atoms with E-state index in [-0.39, 0.29) is 17.3 Å². The van der Waals surface area contributed by atoms with Gasteiger partial charge in [0.1, 0.15) is 5.75 Å². The maximum atomic E-state index is 13.0. The summed E-state index contributed by atoms with van der Waals surface area (Å²) in [6, 6.07) is 17.2. The van der Waals surface area contributed by atoms with Crippen molar-refractivity contribution in [1.29, 1.82) is 0 Å². The van der Waals surface area contributed by atoms with Crippen molar-refractivity contribution in [2.75, 3.05) is 12.3 Å². The number of benzene rings is 2. The van der Waals surface area contributed by atoms with Crippen LogP contribution < -0.4 is 15.9 Å². The third-order valence-electron chi connectivity index (χ3n) is 4.70. The Balaban J connectivity index is 1.56. The van der Waals surface area contributed by atoms with Gasteiger partial charge in [0.25, 0.3) is 5.91 Å². The van der Waals surface area contributed by atoms with Crippen molar-refractivity contribution in [3.05, 3.63) is 71.5 Å². The van der Waals surface area contributed by atoms with Crippen molar-refractivity contribution in [3.63, 3.8) is 0 Å². The van der Waals surface area contributed by atoms with Gasteiger partial charge >= 0.3 is 0 Å². The number of hydrogen-bond acceptors (Lipinski definition) is 10. The fourth-order valence-corrected chi connectivity index (χ4v) is 3.91. The van der Waals surface area contributed by atoms with Crippen LogP contribution in [0.15, 0.2) is 69.2 Å². The summed E-state index contributed by atoms with van der Waals surface area (Å²) in [6.07, 6.45) is 0. The van der Waals surface area contributed by atoms with E-state index < -0.39 is 5.91 Å². The highest BCUT2D eigenvalue weighted by Gasteiger charge is 2.24. The van der Waals surface area contributed by atoms with Crippen LogP contribution in [0.5, 0.6) is 5.75 Å². The Morgan fingerprint density at radius 2 is 1.94 bits per heavy atom. The second-order valence-corrected chi connectivity index (χ2v) is 8.02. The molecule has 0 radical (unpaired) electrons. The van der Waals surface area contributed by atoms with Crippen molar-refractivity contribution in [2.45, 2.75) is 24.5 Å².